The van der Waals surface area contributed by atoms with Gasteiger partial charge in [0.05, 0.1) is 17.2 Å². The van der Waals surface area contributed by atoms with Crippen molar-refractivity contribution in [1.82, 2.24) is 14.5 Å². The molecule has 1 fully saturated rings. The van der Waals surface area contributed by atoms with E-state index in [1.54, 1.807) is 10.6 Å². The number of fused-ring (bicyclic) bond motifs is 1. The van der Waals surface area contributed by atoms with Gasteiger partial charge in [-0.25, -0.2) is 4.39 Å². The number of piperidine rings is 1. The van der Waals surface area contributed by atoms with Crippen molar-refractivity contribution in [2.75, 3.05) is 19.6 Å². The lowest BCUT2D eigenvalue weighted by Gasteiger charge is -2.32. The predicted octanol–water partition coefficient (Wildman–Crippen LogP) is 4.24. The normalized spacial score (nSPS) is 16.1. The minimum Gasteiger partial charge on any atom is -0.454 e. The van der Waals surface area contributed by atoms with E-state index in [9.17, 15) is 9.18 Å². The second-order valence-electron chi connectivity index (χ2n) is 7.41. The molecule has 0 bridgehead atoms. The molecule has 28 heavy (non-hydrogen) atoms. The standard InChI is InChI=1S/C21H23BrFN3O2/c22-20-5-3-17(28-20)2-1-15-7-9-25(10-8-15)11-12-26-19-13-16(23)14-24-18(19)4-6-21(26)27/h3-6,13-15H,1-2,7-12H2. The van der Waals surface area contributed by atoms with Gasteiger partial charge in [0.25, 0.3) is 5.56 Å². The van der Waals surface area contributed by atoms with E-state index in [0.29, 0.717) is 23.5 Å². The summed E-state index contributed by atoms with van der Waals surface area (Å²) in [5, 5.41) is 0. The molecule has 7 heteroatoms. The van der Waals surface area contributed by atoms with E-state index in [4.69, 9.17) is 4.42 Å². The van der Waals surface area contributed by atoms with Gasteiger partial charge < -0.3 is 13.9 Å². The van der Waals surface area contributed by atoms with Crippen LogP contribution in [0.5, 0.6) is 0 Å². The van der Waals surface area contributed by atoms with Crippen LogP contribution in [0.3, 0.4) is 0 Å². The van der Waals surface area contributed by atoms with Gasteiger partial charge in [0.1, 0.15) is 11.6 Å². The topological polar surface area (TPSA) is 51.3 Å². The van der Waals surface area contributed by atoms with Gasteiger partial charge in [0, 0.05) is 31.6 Å². The van der Waals surface area contributed by atoms with Crippen molar-refractivity contribution in [3.05, 3.63) is 63.1 Å². The number of furan rings is 1. The van der Waals surface area contributed by atoms with Gasteiger partial charge in [-0.15, -0.1) is 0 Å². The molecule has 1 aliphatic rings. The first kappa shape index (κ1) is 19.3. The maximum Gasteiger partial charge on any atom is 0.251 e. The van der Waals surface area contributed by atoms with Crippen molar-refractivity contribution in [3.8, 4) is 0 Å². The Hall–Kier alpha value is -1.99. The fraction of sp³-hybridized carbons (Fsp3) is 0.429. The summed E-state index contributed by atoms with van der Waals surface area (Å²) in [5.41, 5.74) is 1.09. The number of pyridine rings is 2. The number of likely N-dealkylation sites (tertiary alicyclic amines) is 1. The Morgan fingerprint density at radius 2 is 2.00 bits per heavy atom. The second kappa shape index (κ2) is 8.57. The highest BCUT2D eigenvalue weighted by molar-refractivity contribution is 9.10. The summed E-state index contributed by atoms with van der Waals surface area (Å²) in [4.78, 5) is 18.7. The van der Waals surface area contributed by atoms with Crippen molar-refractivity contribution in [2.45, 2.75) is 32.2 Å². The SMILES string of the molecule is O=c1ccc2ncc(F)cc2n1CCN1CCC(CCc2ccc(Br)o2)CC1. The molecule has 4 heterocycles. The lowest BCUT2D eigenvalue weighted by Crippen LogP contribution is -2.37. The van der Waals surface area contributed by atoms with Gasteiger partial charge in [-0.2, -0.15) is 0 Å². The molecule has 0 atom stereocenters. The number of aromatic nitrogens is 2. The molecule has 0 saturated carbocycles. The molecular weight excluding hydrogens is 425 g/mol. The number of aryl methyl sites for hydroxylation is 1. The highest BCUT2D eigenvalue weighted by Gasteiger charge is 2.19. The zero-order valence-electron chi connectivity index (χ0n) is 15.6. The highest BCUT2D eigenvalue weighted by atomic mass is 79.9. The summed E-state index contributed by atoms with van der Waals surface area (Å²) in [5.74, 6) is 1.32. The lowest BCUT2D eigenvalue weighted by atomic mass is 9.92. The van der Waals surface area contributed by atoms with Crippen LogP contribution >= 0.6 is 15.9 Å². The van der Waals surface area contributed by atoms with Gasteiger partial charge in [0.2, 0.25) is 0 Å². The molecule has 3 aromatic rings. The fourth-order valence-corrected chi connectivity index (χ4v) is 4.29. The van der Waals surface area contributed by atoms with Crippen LogP contribution in [0, 0.1) is 11.7 Å². The van der Waals surface area contributed by atoms with E-state index in [2.05, 4.69) is 25.8 Å². The minimum atomic E-state index is -0.420. The second-order valence-corrected chi connectivity index (χ2v) is 8.19. The van der Waals surface area contributed by atoms with Gasteiger partial charge in [-0.3, -0.25) is 9.78 Å². The third-order valence-electron chi connectivity index (χ3n) is 5.58. The smallest absolute Gasteiger partial charge is 0.251 e. The average Bonchev–Trinajstić information content (AvgIpc) is 3.12. The first-order valence-electron chi connectivity index (χ1n) is 9.70. The van der Waals surface area contributed by atoms with Crippen molar-refractivity contribution >= 4 is 27.0 Å². The molecule has 0 radical (unpaired) electrons. The molecule has 0 aromatic carbocycles. The Kier molecular flexibility index (Phi) is 5.92. The van der Waals surface area contributed by atoms with Crippen LogP contribution in [0.1, 0.15) is 25.0 Å². The maximum absolute atomic E-state index is 13.6. The van der Waals surface area contributed by atoms with Crippen LogP contribution in [-0.4, -0.2) is 34.1 Å². The molecule has 3 aromatic heterocycles. The van der Waals surface area contributed by atoms with E-state index in [1.165, 1.54) is 18.3 Å². The van der Waals surface area contributed by atoms with Crippen molar-refractivity contribution in [3.63, 3.8) is 0 Å². The predicted molar refractivity (Wildman–Crippen MR) is 110 cm³/mol. The van der Waals surface area contributed by atoms with Crippen LogP contribution in [0.25, 0.3) is 11.0 Å². The zero-order chi connectivity index (χ0) is 19.5. The first-order chi connectivity index (χ1) is 13.6. The van der Waals surface area contributed by atoms with Gasteiger partial charge >= 0.3 is 0 Å². The van der Waals surface area contributed by atoms with E-state index in [1.807, 2.05) is 12.1 Å². The molecule has 0 unspecified atom stereocenters. The molecule has 148 valence electrons. The van der Waals surface area contributed by atoms with Gasteiger partial charge in [0.15, 0.2) is 4.67 Å². The number of halogens is 2. The molecule has 0 N–H and O–H groups in total. The summed E-state index contributed by atoms with van der Waals surface area (Å²) in [6, 6.07) is 8.51. The van der Waals surface area contributed by atoms with Crippen molar-refractivity contribution in [1.29, 1.82) is 0 Å². The maximum atomic E-state index is 13.6. The van der Waals surface area contributed by atoms with E-state index < -0.39 is 5.82 Å². The number of hydrogen-bond acceptors (Lipinski definition) is 4. The van der Waals surface area contributed by atoms with Crippen molar-refractivity contribution < 1.29 is 8.81 Å². The van der Waals surface area contributed by atoms with Crippen molar-refractivity contribution in [2.24, 2.45) is 5.92 Å². The first-order valence-corrected chi connectivity index (χ1v) is 10.5. The molecular formula is C21H23BrFN3O2. The number of nitrogens with zero attached hydrogens (tertiary/aromatic N) is 3. The van der Waals surface area contributed by atoms with E-state index >= 15 is 0 Å². The Morgan fingerprint density at radius 3 is 2.75 bits per heavy atom. The quantitative estimate of drug-likeness (QED) is 0.566. The monoisotopic (exact) mass is 447 g/mol. The van der Waals surface area contributed by atoms with Crippen LogP contribution in [-0.2, 0) is 13.0 Å². The summed E-state index contributed by atoms with van der Waals surface area (Å²) in [7, 11) is 0. The largest absolute Gasteiger partial charge is 0.454 e. The van der Waals surface area contributed by atoms with Gasteiger partial charge in [-0.05, 0) is 72.4 Å². The number of hydrogen-bond donors (Lipinski definition) is 0. The Balaban J connectivity index is 1.31. The molecule has 4 rings (SSSR count). The van der Waals surface area contributed by atoms with Gasteiger partial charge in [-0.1, -0.05) is 0 Å². The highest BCUT2D eigenvalue weighted by Crippen LogP contribution is 2.24. The van der Waals surface area contributed by atoms with Crippen LogP contribution in [0.2, 0.25) is 0 Å². The molecule has 1 aliphatic heterocycles. The summed E-state index contributed by atoms with van der Waals surface area (Å²) in [6.07, 6.45) is 5.61. The van der Waals surface area contributed by atoms with Crippen LogP contribution in [0.15, 0.2) is 50.4 Å². The van der Waals surface area contributed by atoms with Crippen LogP contribution < -0.4 is 5.56 Å². The average molecular weight is 448 g/mol. The summed E-state index contributed by atoms with van der Waals surface area (Å²) in [6.45, 7) is 3.39. The fourth-order valence-electron chi connectivity index (χ4n) is 3.95. The van der Waals surface area contributed by atoms with E-state index in [0.717, 1.165) is 55.7 Å². The third kappa shape index (κ3) is 4.52. The van der Waals surface area contributed by atoms with E-state index in [-0.39, 0.29) is 5.56 Å². The molecule has 1 saturated heterocycles. The minimum absolute atomic E-state index is 0.112. The molecule has 0 aliphatic carbocycles. The Labute approximate surface area is 171 Å². The number of rotatable bonds is 6. The third-order valence-corrected chi connectivity index (χ3v) is 6.01. The Bertz CT molecular complexity index is 1010. The Morgan fingerprint density at radius 1 is 1.18 bits per heavy atom. The van der Waals surface area contributed by atoms with Crippen LogP contribution in [0.4, 0.5) is 4.39 Å². The molecule has 5 nitrogen and oxygen atoms in total. The lowest BCUT2D eigenvalue weighted by molar-refractivity contribution is 0.173. The zero-order valence-corrected chi connectivity index (χ0v) is 17.2. The molecule has 0 spiro atoms. The summed E-state index contributed by atoms with van der Waals surface area (Å²) < 4.78 is 21.6. The summed E-state index contributed by atoms with van der Waals surface area (Å²) >= 11 is 3.34. The molecule has 0 amide bonds.